The van der Waals surface area contributed by atoms with Crippen LogP contribution in [0.25, 0.3) is 0 Å². The number of nitrogens with zero attached hydrogens (tertiary/aromatic N) is 2. The summed E-state index contributed by atoms with van der Waals surface area (Å²) in [6.07, 6.45) is -2.32. The van der Waals surface area contributed by atoms with Crippen molar-refractivity contribution >= 4 is 24.8 Å². The molecule has 0 spiro atoms. The van der Waals surface area contributed by atoms with Crippen LogP contribution in [0.15, 0.2) is 30.6 Å². The molecular weight excluding hydrogens is 410 g/mol. The maximum Gasteiger partial charge on any atom is 0.416 e. The molecule has 0 aliphatic rings. The summed E-state index contributed by atoms with van der Waals surface area (Å²) in [4.78, 5) is 20.1. The summed E-state index contributed by atoms with van der Waals surface area (Å²) in [6, 6.07) is 3.03. The molecule has 0 saturated carbocycles. The van der Waals surface area contributed by atoms with Crippen molar-refractivity contribution in [3.63, 3.8) is 0 Å². The Morgan fingerprint density at radius 1 is 1.10 bits per heavy atom. The second-order valence-electron chi connectivity index (χ2n) is 5.63. The Bertz CT molecular complexity index is 879. The fourth-order valence-corrected chi connectivity index (χ4v) is 3.72. The van der Waals surface area contributed by atoms with Gasteiger partial charge in [-0.2, -0.15) is 13.2 Å². The predicted octanol–water partition coefficient (Wildman–Crippen LogP) is 4.58. The van der Waals surface area contributed by atoms with Crippen molar-refractivity contribution in [2.24, 2.45) is 0 Å². The van der Waals surface area contributed by atoms with E-state index in [1.54, 1.807) is 13.8 Å². The van der Waals surface area contributed by atoms with Gasteiger partial charge in [0.1, 0.15) is 0 Å². The zero-order chi connectivity index (χ0) is 20.9. The number of hydrogen-bond donors (Lipinski definition) is 1. The fraction of sp³-hybridized carbons (Fsp3) is 0.389. The molecule has 2 aromatic rings. The normalized spacial score (nSPS) is 11.7. The quantitative estimate of drug-likeness (QED) is 0.643. The minimum absolute atomic E-state index is 0. The number of rotatable bonds is 7. The zero-order valence-electron chi connectivity index (χ0n) is 15.4. The molecule has 29 heavy (non-hydrogen) atoms. The number of amides is 1. The highest BCUT2D eigenvalue weighted by molar-refractivity contribution is 7.61. The molecule has 0 bridgehead atoms. The summed E-state index contributed by atoms with van der Waals surface area (Å²) in [7, 11) is -3.63. The largest absolute Gasteiger partial charge is 0.416 e. The van der Waals surface area contributed by atoms with Gasteiger partial charge in [0.15, 0.2) is 11.3 Å². The highest BCUT2D eigenvalue weighted by Crippen LogP contribution is 2.45. The van der Waals surface area contributed by atoms with Crippen LogP contribution in [0.4, 0.5) is 19.0 Å². The topological polar surface area (TPSA) is 90.4 Å². The lowest BCUT2D eigenvalue weighted by molar-refractivity contribution is -0.137. The molecule has 1 heterocycles. The van der Waals surface area contributed by atoms with Gasteiger partial charge < -0.3 is 14.4 Å². The van der Waals surface area contributed by atoms with Gasteiger partial charge in [-0.25, -0.2) is 9.97 Å². The van der Waals surface area contributed by atoms with Crippen LogP contribution in [0.2, 0.25) is 0 Å². The third-order valence-electron chi connectivity index (χ3n) is 3.43. The van der Waals surface area contributed by atoms with Crippen LogP contribution in [0, 0.1) is 6.92 Å². The third-order valence-corrected chi connectivity index (χ3v) is 5.41. The Labute approximate surface area is 167 Å². The van der Waals surface area contributed by atoms with Crippen molar-refractivity contribution in [1.29, 1.82) is 0 Å². The first-order chi connectivity index (χ1) is 13.1. The summed E-state index contributed by atoms with van der Waals surface area (Å²) in [5, 5.41) is 2.36. The van der Waals surface area contributed by atoms with Gasteiger partial charge in [-0.3, -0.25) is 9.36 Å². The van der Waals surface area contributed by atoms with Crippen LogP contribution in [0.3, 0.4) is 0 Å². The smallest absolute Gasteiger partial charge is 0.305 e. The average Bonchev–Trinajstić information content (AvgIpc) is 2.61. The number of carbonyl (C=O) groups excluding carboxylic acids is 1. The number of aromatic nitrogens is 2. The standard InChI is InChI=1S/C17H19F3N3O4P.CH4/c1-4-26-28(25,27-5-2)15-10-21-14(9-22-15)23-16(24)12-6-11(3)7-13(8-12)17(18,19)20;/h6-10H,4-5H2,1-3H3,(H,21,23,24);1H4. The molecule has 0 aliphatic heterocycles. The first-order valence-corrected chi connectivity index (χ1v) is 9.85. The lowest BCUT2D eigenvalue weighted by Gasteiger charge is -2.16. The Balaban J connectivity index is 0.00000420. The van der Waals surface area contributed by atoms with Gasteiger partial charge in [-0.15, -0.1) is 0 Å². The first-order valence-electron chi connectivity index (χ1n) is 8.31. The number of halogens is 3. The molecule has 7 nitrogen and oxygen atoms in total. The van der Waals surface area contributed by atoms with Crippen molar-refractivity contribution in [3.8, 4) is 0 Å². The summed E-state index contributed by atoms with van der Waals surface area (Å²) >= 11 is 0. The molecule has 1 N–H and O–H groups in total. The maximum atomic E-state index is 12.9. The summed E-state index contributed by atoms with van der Waals surface area (Å²) < 4.78 is 61.6. The van der Waals surface area contributed by atoms with Crippen molar-refractivity contribution in [3.05, 3.63) is 47.3 Å². The van der Waals surface area contributed by atoms with E-state index in [4.69, 9.17) is 9.05 Å². The third kappa shape index (κ3) is 6.35. The summed E-state index contributed by atoms with van der Waals surface area (Å²) in [5.74, 6) is -0.808. The molecular formula is C18H23F3N3O4P. The molecule has 1 aromatic heterocycles. The van der Waals surface area contributed by atoms with Crippen LogP contribution in [0.1, 0.15) is 42.8 Å². The lowest BCUT2D eigenvalue weighted by atomic mass is 10.1. The van der Waals surface area contributed by atoms with Gasteiger partial charge in [-0.05, 0) is 44.5 Å². The number of hydrogen-bond acceptors (Lipinski definition) is 6. The fourth-order valence-electron chi connectivity index (χ4n) is 2.30. The Morgan fingerprint density at radius 2 is 1.72 bits per heavy atom. The van der Waals surface area contributed by atoms with Gasteiger partial charge in [0, 0.05) is 5.56 Å². The summed E-state index contributed by atoms with van der Waals surface area (Å²) in [6.45, 7) is 5.01. The second-order valence-corrected chi connectivity index (χ2v) is 7.60. The van der Waals surface area contributed by atoms with Crippen LogP contribution in [-0.2, 0) is 19.8 Å². The number of carbonyl (C=O) groups is 1. The van der Waals surface area contributed by atoms with Crippen LogP contribution >= 0.6 is 7.60 Å². The SMILES string of the molecule is C.CCOP(=O)(OCC)c1cnc(NC(=O)c2cc(C)cc(C(F)(F)F)c2)cn1. The van der Waals surface area contributed by atoms with Gasteiger partial charge in [0.2, 0.25) is 0 Å². The Hall–Kier alpha value is -2.29. The van der Waals surface area contributed by atoms with E-state index in [0.29, 0.717) is 0 Å². The van der Waals surface area contributed by atoms with Crippen LogP contribution in [0.5, 0.6) is 0 Å². The summed E-state index contributed by atoms with van der Waals surface area (Å²) in [5.41, 5.74) is -0.846. The predicted molar refractivity (Wildman–Crippen MR) is 103 cm³/mol. The van der Waals surface area contributed by atoms with Crippen molar-refractivity contribution in [2.45, 2.75) is 34.4 Å². The highest BCUT2D eigenvalue weighted by atomic mass is 31.2. The molecule has 0 saturated heterocycles. The van der Waals surface area contributed by atoms with E-state index in [2.05, 4.69) is 15.3 Å². The van der Waals surface area contributed by atoms with E-state index in [9.17, 15) is 22.5 Å². The molecule has 0 radical (unpaired) electrons. The van der Waals surface area contributed by atoms with E-state index >= 15 is 0 Å². The minimum Gasteiger partial charge on any atom is -0.305 e. The van der Waals surface area contributed by atoms with E-state index in [-0.39, 0.29) is 43.0 Å². The van der Waals surface area contributed by atoms with E-state index in [1.165, 1.54) is 13.0 Å². The first kappa shape index (κ1) is 24.7. The molecule has 1 aromatic carbocycles. The monoisotopic (exact) mass is 433 g/mol. The zero-order valence-corrected chi connectivity index (χ0v) is 16.3. The van der Waals surface area contributed by atoms with E-state index < -0.39 is 25.2 Å². The second kappa shape index (κ2) is 9.96. The molecule has 0 aliphatic carbocycles. The molecule has 0 fully saturated rings. The number of alkyl halides is 3. The lowest BCUT2D eigenvalue weighted by Crippen LogP contribution is -2.19. The van der Waals surface area contributed by atoms with E-state index in [1.807, 2.05) is 0 Å². The van der Waals surface area contributed by atoms with Crippen molar-refractivity contribution < 1.29 is 31.6 Å². The number of anilines is 1. The van der Waals surface area contributed by atoms with Gasteiger partial charge in [0.25, 0.3) is 5.91 Å². The number of nitrogens with one attached hydrogen (secondary N) is 1. The highest BCUT2D eigenvalue weighted by Gasteiger charge is 2.32. The molecule has 0 atom stereocenters. The van der Waals surface area contributed by atoms with Crippen molar-refractivity contribution in [1.82, 2.24) is 9.97 Å². The average molecular weight is 433 g/mol. The molecule has 0 unspecified atom stereocenters. The molecule has 11 heteroatoms. The van der Waals surface area contributed by atoms with Crippen LogP contribution < -0.4 is 10.8 Å². The Kier molecular flexibility index (Phi) is 8.50. The Morgan fingerprint density at radius 3 is 2.21 bits per heavy atom. The molecule has 2 rings (SSSR count). The van der Waals surface area contributed by atoms with Crippen molar-refractivity contribution in [2.75, 3.05) is 18.5 Å². The molecule has 1 amide bonds. The van der Waals surface area contributed by atoms with Crippen LogP contribution in [-0.4, -0.2) is 29.1 Å². The maximum absolute atomic E-state index is 12.9. The van der Waals surface area contributed by atoms with Gasteiger partial charge in [-0.1, -0.05) is 7.43 Å². The number of aryl methyl sites for hydroxylation is 1. The van der Waals surface area contributed by atoms with Gasteiger partial charge >= 0.3 is 13.8 Å². The molecule has 160 valence electrons. The van der Waals surface area contributed by atoms with Gasteiger partial charge in [0.05, 0.1) is 31.2 Å². The minimum atomic E-state index is -4.57. The van der Waals surface area contributed by atoms with E-state index in [0.717, 1.165) is 24.5 Å². The number of benzene rings is 1.